The third-order valence-electron chi connectivity index (χ3n) is 6.73. The summed E-state index contributed by atoms with van der Waals surface area (Å²) in [6.45, 7) is 0.481. The van der Waals surface area contributed by atoms with E-state index in [1.807, 2.05) is 0 Å². The van der Waals surface area contributed by atoms with Gasteiger partial charge in [-0.15, -0.1) is 0 Å². The number of rotatable bonds is 6. The first-order chi connectivity index (χ1) is 17.5. The molecule has 2 aromatic rings. The molecule has 4 rings (SSSR count). The summed E-state index contributed by atoms with van der Waals surface area (Å²) < 4.78 is 54.4. The van der Waals surface area contributed by atoms with Crippen LogP contribution in [0.5, 0.6) is 0 Å². The first kappa shape index (κ1) is 26.9. The van der Waals surface area contributed by atoms with Crippen LogP contribution in [0.2, 0.25) is 5.02 Å². The number of carbonyl (C=O) groups excluding carboxylic acids is 2. The number of halogens is 5. The van der Waals surface area contributed by atoms with Gasteiger partial charge in [-0.25, -0.2) is 9.97 Å². The molecule has 0 radical (unpaired) electrons. The van der Waals surface area contributed by atoms with Crippen molar-refractivity contribution in [2.24, 2.45) is 11.7 Å². The second kappa shape index (κ2) is 10.7. The van der Waals surface area contributed by atoms with Gasteiger partial charge in [0.15, 0.2) is 17.4 Å². The molecule has 1 unspecified atom stereocenters. The summed E-state index contributed by atoms with van der Waals surface area (Å²) in [5.74, 6) is -2.36. The fourth-order valence-corrected chi connectivity index (χ4v) is 5.20. The number of nitrogens with zero attached hydrogens (tertiary/aromatic N) is 4. The molecular weight excluding hydrogens is 518 g/mol. The summed E-state index contributed by atoms with van der Waals surface area (Å²) in [5, 5.41) is 2.75. The maximum Gasteiger partial charge on any atom is 0.416 e. The zero-order chi connectivity index (χ0) is 26.9. The molecule has 14 heteroatoms. The lowest BCUT2D eigenvalue weighted by Crippen LogP contribution is -2.61. The smallest absolute Gasteiger partial charge is 0.381 e. The first-order valence-corrected chi connectivity index (χ1v) is 12.1. The normalized spacial score (nSPS) is 22.8. The molecule has 3 heterocycles. The molecule has 200 valence electrons. The highest BCUT2D eigenvalue weighted by Gasteiger charge is 2.43. The minimum atomic E-state index is -4.61. The summed E-state index contributed by atoms with van der Waals surface area (Å²) in [7, 11) is 0. The number of hydrogen-bond donors (Lipinski definition) is 3. The van der Waals surface area contributed by atoms with E-state index in [1.54, 1.807) is 4.90 Å². The minimum Gasteiger partial charge on any atom is -0.381 e. The van der Waals surface area contributed by atoms with Gasteiger partial charge in [-0.3, -0.25) is 9.59 Å². The molecule has 2 aliphatic rings. The molecule has 2 saturated heterocycles. The molecule has 0 saturated carbocycles. The maximum absolute atomic E-state index is 14.6. The largest absolute Gasteiger partial charge is 0.416 e. The second-order valence-corrected chi connectivity index (χ2v) is 9.51. The van der Waals surface area contributed by atoms with Crippen molar-refractivity contribution in [3.8, 4) is 0 Å². The lowest BCUT2D eigenvalue weighted by molar-refractivity contribution is -0.140. The zero-order valence-electron chi connectivity index (χ0n) is 19.6. The number of carbonyl (C=O) groups is 2. The lowest BCUT2D eigenvalue weighted by atomic mass is 9.85. The monoisotopic (exact) mass is 543 g/mol. The fourth-order valence-electron chi connectivity index (χ4n) is 4.96. The van der Waals surface area contributed by atoms with Crippen molar-refractivity contribution in [1.29, 1.82) is 0 Å². The van der Waals surface area contributed by atoms with Crippen molar-refractivity contribution >= 4 is 40.6 Å². The van der Waals surface area contributed by atoms with Crippen molar-refractivity contribution < 1.29 is 27.2 Å². The third kappa shape index (κ3) is 5.72. The number of aromatic nitrogens is 2. The Balaban J connectivity index is 1.59. The zero-order valence-corrected chi connectivity index (χ0v) is 20.4. The Morgan fingerprint density at radius 1 is 1.19 bits per heavy atom. The van der Waals surface area contributed by atoms with Crippen LogP contribution in [0.1, 0.15) is 24.8 Å². The Hall–Kier alpha value is -3.19. The number of piperidine rings is 2. The minimum absolute atomic E-state index is 0.0334. The summed E-state index contributed by atoms with van der Waals surface area (Å²) in [6, 6.07) is 1.52. The predicted molar refractivity (Wildman–Crippen MR) is 129 cm³/mol. The van der Waals surface area contributed by atoms with E-state index in [4.69, 9.17) is 23.1 Å². The number of amides is 1. The molecule has 0 aliphatic carbocycles. The van der Waals surface area contributed by atoms with Gasteiger partial charge in [-0.05, 0) is 37.5 Å². The second-order valence-electron chi connectivity index (χ2n) is 9.07. The highest BCUT2D eigenvalue weighted by Crippen LogP contribution is 2.35. The molecule has 1 aromatic carbocycles. The van der Waals surface area contributed by atoms with Gasteiger partial charge in [-0.2, -0.15) is 17.6 Å². The van der Waals surface area contributed by atoms with E-state index in [-0.39, 0.29) is 53.7 Å². The van der Waals surface area contributed by atoms with Gasteiger partial charge < -0.3 is 26.6 Å². The fraction of sp³-hybridized carbons (Fsp3) is 0.478. The Morgan fingerprint density at radius 2 is 1.95 bits per heavy atom. The van der Waals surface area contributed by atoms with Gasteiger partial charge in [-0.1, -0.05) is 11.6 Å². The number of likely N-dealkylation sites (tertiary alicyclic amines) is 1. The van der Waals surface area contributed by atoms with Crippen LogP contribution in [0.25, 0.3) is 0 Å². The Labute approximate surface area is 215 Å². The van der Waals surface area contributed by atoms with Crippen molar-refractivity contribution in [3.05, 3.63) is 40.9 Å². The van der Waals surface area contributed by atoms with E-state index in [0.717, 1.165) is 18.5 Å². The van der Waals surface area contributed by atoms with Crippen LogP contribution in [0.3, 0.4) is 0 Å². The number of hydrogen-bond acceptors (Lipinski definition) is 8. The molecular formula is C23H26ClF4N7O2. The maximum atomic E-state index is 14.6. The van der Waals surface area contributed by atoms with E-state index in [0.29, 0.717) is 25.8 Å². The van der Waals surface area contributed by atoms with E-state index < -0.39 is 35.6 Å². The number of nitrogen functional groups attached to an aromatic ring is 1. The van der Waals surface area contributed by atoms with Gasteiger partial charge in [0.2, 0.25) is 11.7 Å². The summed E-state index contributed by atoms with van der Waals surface area (Å²) in [5.41, 5.74) is 10.3. The van der Waals surface area contributed by atoms with Crippen LogP contribution in [0.4, 0.5) is 34.9 Å². The first-order valence-electron chi connectivity index (χ1n) is 11.7. The standard InChI is InChI=1S/C23H26ClF4N7O2/c24-13-6-12(23(26,27)28)7-14(8-13)33-16-2-1-4-35(22(16)37)17-10-34(5-3-15(17)18(36)9-29)21-19(25)20(30)31-11-32-21/h6-8,11,15-17,33H,1-5,9-10,29H2,(H2,30,31,32)/t15?,16-,17+/m1/s1. The lowest BCUT2D eigenvalue weighted by Gasteiger charge is -2.46. The quantitative estimate of drug-likeness (QED) is 0.474. The third-order valence-corrected chi connectivity index (χ3v) is 6.95. The highest BCUT2D eigenvalue weighted by atomic mass is 35.5. The van der Waals surface area contributed by atoms with Crippen LogP contribution in [0, 0.1) is 11.7 Å². The van der Waals surface area contributed by atoms with E-state index in [9.17, 15) is 27.2 Å². The number of nitrogens with two attached hydrogens (primary N) is 2. The molecule has 37 heavy (non-hydrogen) atoms. The summed E-state index contributed by atoms with van der Waals surface area (Å²) in [6.07, 6.45) is -2.27. The number of anilines is 3. The van der Waals surface area contributed by atoms with Gasteiger partial charge in [0.05, 0.1) is 18.2 Å². The molecule has 5 N–H and O–H groups in total. The average Bonchev–Trinajstić information content (AvgIpc) is 2.85. The van der Waals surface area contributed by atoms with Crippen LogP contribution in [-0.4, -0.2) is 64.8 Å². The molecule has 9 nitrogen and oxygen atoms in total. The van der Waals surface area contributed by atoms with Crippen molar-refractivity contribution in [2.75, 3.05) is 42.1 Å². The number of nitrogens with one attached hydrogen (secondary N) is 1. The SMILES string of the molecule is NCC(=O)C1CCN(c2ncnc(N)c2F)C[C@@H]1N1CCC[C@@H](Nc2cc(Cl)cc(C(F)(F)F)c2)C1=O. The molecule has 0 bridgehead atoms. The van der Waals surface area contributed by atoms with E-state index in [1.165, 1.54) is 11.0 Å². The molecule has 1 amide bonds. The number of alkyl halides is 3. The van der Waals surface area contributed by atoms with Gasteiger partial charge in [0.25, 0.3) is 0 Å². The van der Waals surface area contributed by atoms with Gasteiger partial charge in [0.1, 0.15) is 12.4 Å². The molecule has 2 fully saturated rings. The predicted octanol–water partition coefficient (Wildman–Crippen LogP) is 2.70. The van der Waals surface area contributed by atoms with Crippen molar-refractivity contribution in [3.63, 3.8) is 0 Å². The van der Waals surface area contributed by atoms with E-state index >= 15 is 0 Å². The van der Waals surface area contributed by atoms with Gasteiger partial charge >= 0.3 is 6.18 Å². The van der Waals surface area contributed by atoms with Crippen LogP contribution < -0.4 is 21.7 Å². The van der Waals surface area contributed by atoms with Crippen molar-refractivity contribution in [2.45, 2.75) is 37.5 Å². The highest BCUT2D eigenvalue weighted by molar-refractivity contribution is 6.31. The molecule has 3 atom stereocenters. The topological polar surface area (TPSA) is 130 Å². The molecule has 1 aromatic heterocycles. The molecule has 2 aliphatic heterocycles. The Kier molecular flexibility index (Phi) is 7.74. The van der Waals surface area contributed by atoms with Crippen molar-refractivity contribution in [1.82, 2.24) is 14.9 Å². The van der Waals surface area contributed by atoms with E-state index in [2.05, 4.69) is 15.3 Å². The number of Topliss-reactive ketones (excluding diaryl/α,β-unsaturated/α-hetero) is 1. The van der Waals surface area contributed by atoms with Crippen LogP contribution in [0.15, 0.2) is 24.5 Å². The number of benzene rings is 1. The average molecular weight is 544 g/mol. The summed E-state index contributed by atoms with van der Waals surface area (Å²) >= 11 is 5.89. The Bertz CT molecular complexity index is 1180. The Morgan fingerprint density at radius 3 is 2.65 bits per heavy atom. The van der Waals surface area contributed by atoms with Gasteiger partial charge in [0, 0.05) is 36.3 Å². The summed E-state index contributed by atoms with van der Waals surface area (Å²) in [4.78, 5) is 37.0. The number of ketones is 1. The van der Waals surface area contributed by atoms with Crippen LogP contribution in [-0.2, 0) is 15.8 Å². The van der Waals surface area contributed by atoms with Crippen LogP contribution >= 0.6 is 11.6 Å². The molecule has 0 spiro atoms.